The molecule has 0 unspecified atom stereocenters. The van der Waals surface area contributed by atoms with Gasteiger partial charge in [-0.25, -0.2) is 4.79 Å². The number of carbonyl (C=O) groups excluding carboxylic acids is 4. The molecule has 5 rings (SSSR count). The first-order chi connectivity index (χ1) is 19.8. The van der Waals surface area contributed by atoms with E-state index in [9.17, 15) is 19.2 Å². The predicted molar refractivity (Wildman–Crippen MR) is 156 cm³/mol. The van der Waals surface area contributed by atoms with Crippen LogP contribution < -0.4 is 21.3 Å². The molecule has 0 atom stereocenters. The minimum atomic E-state index is -0.471. The van der Waals surface area contributed by atoms with E-state index in [1.165, 1.54) is 7.11 Å². The Hall–Kier alpha value is -4.96. The van der Waals surface area contributed by atoms with Gasteiger partial charge in [0.2, 0.25) is 5.91 Å². The van der Waals surface area contributed by atoms with Crippen LogP contribution in [0.4, 0.5) is 11.4 Å². The fraction of sp³-hybridized carbons (Fsp3) is 0.226. The number of hydrogen-bond acceptors (Lipinski definition) is 7. The summed E-state index contributed by atoms with van der Waals surface area (Å²) in [5.74, 6) is -0.979. The molecule has 3 aromatic carbocycles. The summed E-state index contributed by atoms with van der Waals surface area (Å²) in [4.78, 5) is 51.7. The normalized spacial score (nSPS) is 15.9. The molecule has 1 saturated heterocycles. The number of fused-ring (bicyclic) bond motifs is 1. The van der Waals surface area contributed by atoms with Gasteiger partial charge >= 0.3 is 5.97 Å². The molecule has 2 aliphatic rings. The first-order valence-electron chi connectivity index (χ1n) is 13.3. The number of nitrogens with zero attached hydrogens (tertiary/aromatic N) is 1. The van der Waals surface area contributed by atoms with Crippen LogP contribution in [0.2, 0.25) is 0 Å². The third-order valence-corrected chi connectivity index (χ3v) is 7.07. The number of piperazine rings is 1. The van der Waals surface area contributed by atoms with E-state index in [-0.39, 0.29) is 17.7 Å². The average Bonchev–Trinajstić information content (AvgIpc) is 3.29. The van der Waals surface area contributed by atoms with E-state index < -0.39 is 5.97 Å². The van der Waals surface area contributed by atoms with E-state index in [1.807, 2.05) is 41.3 Å². The quantitative estimate of drug-likeness (QED) is 0.249. The summed E-state index contributed by atoms with van der Waals surface area (Å²) in [5, 5.41) is 11.9. The van der Waals surface area contributed by atoms with Crippen molar-refractivity contribution < 1.29 is 23.9 Å². The summed E-state index contributed by atoms with van der Waals surface area (Å²) in [6.07, 6.45) is 0. The van der Waals surface area contributed by atoms with E-state index in [1.54, 1.807) is 37.3 Å². The lowest BCUT2D eigenvalue weighted by atomic mass is 9.96. The summed E-state index contributed by atoms with van der Waals surface area (Å²) >= 11 is 0. The standard InChI is InChI=1S/C31H31N5O5/c1-19-16-24-25(17-23(19)31(40)41-2)35-30(39)27(24)28(20-6-4-3-5-7-20)34-22-10-8-21(9-11-22)29(38)33-13-15-36-14-12-32-26(37)18-36/h3-11,16-17,34H,12-15,18H2,1-2H3,(H,32,37)(H,33,38)(H,35,39)/b28-27+. The smallest absolute Gasteiger partial charge is 0.338 e. The van der Waals surface area contributed by atoms with Gasteiger partial charge in [-0.1, -0.05) is 30.3 Å². The maximum atomic E-state index is 13.3. The Morgan fingerprint density at radius 2 is 1.76 bits per heavy atom. The van der Waals surface area contributed by atoms with Crippen LogP contribution in [0.1, 0.15) is 37.4 Å². The van der Waals surface area contributed by atoms with Crippen molar-refractivity contribution in [2.75, 3.05) is 50.5 Å². The highest BCUT2D eigenvalue weighted by Crippen LogP contribution is 2.39. The number of anilines is 2. The fourth-order valence-corrected chi connectivity index (χ4v) is 4.95. The molecular formula is C31H31N5O5. The van der Waals surface area contributed by atoms with Gasteiger partial charge in [-0.3, -0.25) is 19.3 Å². The second-order valence-electron chi connectivity index (χ2n) is 9.86. The molecule has 1 fully saturated rings. The Balaban J connectivity index is 1.37. The van der Waals surface area contributed by atoms with Gasteiger partial charge in [0.15, 0.2) is 0 Å². The maximum Gasteiger partial charge on any atom is 0.338 e. The van der Waals surface area contributed by atoms with E-state index in [4.69, 9.17) is 4.74 Å². The molecule has 3 aromatic rings. The number of carbonyl (C=O) groups is 4. The van der Waals surface area contributed by atoms with Crippen LogP contribution >= 0.6 is 0 Å². The fourth-order valence-electron chi connectivity index (χ4n) is 4.95. The lowest BCUT2D eigenvalue weighted by Crippen LogP contribution is -2.49. The van der Waals surface area contributed by atoms with Gasteiger partial charge in [-0.05, 0) is 54.4 Å². The van der Waals surface area contributed by atoms with Gasteiger partial charge in [0.25, 0.3) is 11.8 Å². The Morgan fingerprint density at radius 3 is 2.46 bits per heavy atom. The van der Waals surface area contributed by atoms with Crippen molar-refractivity contribution in [3.8, 4) is 0 Å². The van der Waals surface area contributed by atoms with Crippen LogP contribution in [-0.2, 0) is 14.3 Å². The Bertz CT molecular complexity index is 1530. The summed E-state index contributed by atoms with van der Waals surface area (Å²) in [5.41, 5.74) is 5.31. The van der Waals surface area contributed by atoms with Gasteiger partial charge in [-0.15, -0.1) is 0 Å². The lowest BCUT2D eigenvalue weighted by molar-refractivity contribution is -0.124. The van der Waals surface area contributed by atoms with Crippen molar-refractivity contribution in [1.29, 1.82) is 0 Å². The van der Waals surface area contributed by atoms with Gasteiger partial charge < -0.3 is 26.0 Å². The van der Waals surface area contributed by atoms with Crippen molar-refractivity contribution in [1.82, 2.24) is 15.5 Å². The molecule has 0 aromatic heterocycles. The lowest BCUT2D eigenvalue weighted by Gasteiger charge is -2.26. The molecule has 4 N–H and O–H groups in total. The molecule has 210 valence electrons. The van der Waals surface area contributed by atoms with Crippen molar-refractivity contribution >= 4 is 46.3 Å². The summed E-state index contributed by atoms with van der Waals surface area (Å²) in [7, 11) is 1.32. The molecule has 2 aliphatic heterocycles. The zero-order valence-corrected chi connectivity index (χ0v) is 22.9. The summed E-state index contributed by atoms with van der Waals surface area (Å²) in [6.45, 7) is 4.54. The number of hydrogen-bond donors (Lipinski definition) is 4. The van der Waals surface area contributed by atoms with Crippen LogP contribution in [0.25, 0.3) is 11.3 Å². The molecule has 0 spiro atoms. The largest absolute Gasteiger partial charge is 0.465 e. The minimum absolute atomic E-state index is 0.00448. The monoisotopic (exact) mass is 553 g/mol. The third kappa shape index (κ3) is 6.12. The predicted octanol–water partition coefficient (Wildman–Crippen LogP) is 2.88. The average molecular weight is 554 g/mol. The number of ether oxygens (including phenoxy) is 1. The number of rotatable bonds is 8. The van der Waals surface area contributed by atoms with Gasteiger partial charge in [0.05, 0.1) is 36.2 Å². The number of aryl methyl sites for hydroxylation is 1. The van der Waals surface area contributed by atoms with Gasteiger partial charge in [-0.2, -0.15) is 0 Å². The number of esters is 1. The maximum absolute atomic E-state index is 13.3. The van der Waals surface area contributed by atoms with Crippen molar-refractivity contribution in [2.45, 2.75) is 6.92 Å². The first-order valence-corrected chi connectivity index (χ1v) is 13.3. The Labute approximate surface area is 237 Å². The number of nitrogens with one attached hydrogen (secondary N) is 4. The number of benzene rings is 3. The van der Waals surface area contributed by atoms with E-state index in [2.05, 4.69) is 21.3 Å². The second kappa shape index (κ2) is 12.1. The summed E-state index contributed by atoms with van der Waals surface area (Å²) < 4.78 is 4.88. The van der Waals surface area contributed by atoms with Crippen LogP contribution in [0.15, 0.2) is 66.7 Å². The molecule has 0 bridgehead atoms. The molecule has 0 aliphatic carbocycles. The molecule has 2 heterocycles. The van der Waals surface area contributed by atoms with E-state index >= 15 is 0 Å². The minimum Gasteiger partial charge on any atom is -0.465 e. The van der Waals surface area contributed by atoms with Gasteiger partial charge in [0.1, 0.15) is 0 Å². The van der Waals surface area contributed by atoms with Crippen molar-refractivity contribution in [3.05, 3.63) is 94.5 Å². The van der Waals surface area contributed by atoms with Crippen LogP contribution in [-0.4, -0.2) is 68.4 Å². The Morgan fingerprint density at radius 1 is 1.00 bits per heavy atom. The van der Waals surface area contributed by atoms with Crippen molar-refractivity contribution in [3.63, 3.8) is 0 Å². The molecule has 0 saturated carbocycles. The highest BCUT2D eigenvalue weighted by Gasteiger charge is 2.30. The third-order valence-electron chi connectivity index (χ3n) is 7.07. The molecule has 0 radical (unpaired) electrons. The molecule has 41 heavy (non-hydrogen) atoms. The van der Waals surface area contributed by atoms with E-state index in [0.29, 0.717) is 71.1 Å². The highest BCUT2D eigenvalue weighted by atomic mass is 16.5. The van der Waals surface area contributed by atoms with Gasteiger partial charge in [0, 0.05) is 43.0 Å². The molecule has 10 nitrogen and oxygen atoms in total. The zero-order chi connectivity index (χ0) is 28.9. The Kier molecular flexibility index (Phi) is 8.11. The van der Waals surface area contributed by atoms with Crippen molar-refractivity contribution in [2.24, 2.45) is 0 Å². The second-order valence-corrected chi connectivity index (χ2v) is 9.86. The first kappa shape index (κ1) is 27.6. The molecule has 10 heteroatoms. The molecular weight excluding hydrogens is 522 g/mol. The number of methoxy groups -OCH3 is 1. The van der Waals surface area contributed by atoms with Crippen LogP contribution in [0, 0.1) is 6.92 Å². The zero-order valence-electron chi connectivity index (χ0n) is 22.9. The number of amides is 3. The highest BCUT2D eigenvalue weighted by molar-refractivity contribution is 6.37. The van der Waals surface area contributed by atoms with Crippen LogP contribution in [0.3, 0.4) is 0 Å². The SMILES string of the molecule is COC(=O)c1cc2c(cc1C)/C(=C(\Nc1ccc(C(=O)NCCN3CCNC(=O)C3)cc1)c1ccccc1)C(=O)N2. The molecule has 3 amide bonds. The summed E-state index contributed by atoms with van der Waals surface area (Å²) in [6, 6.07) is 19.9. The van der Waals surface area contributed by atoms with E-state index in [0.717, 1.165) is 12.1 Å². The topological polar surface area (TPSA) is 129 Å². The van der Waals surface area contributed by atoms with Crippen LogP contribution in [0.5, 0.6) is 0 Å².